The fourth-order valence-corrected chi connectivity index (χ4v) is 2.11. The minimum Gasteiger partial charge on any atom is -0.398 e. The molecule has 0 spiro atoms. The van der Waals surface area contributed by atoms with Crippen LogP contribution in [-0.4, -0.2) is 22.3 Å². The van der Waals surface area contributed by atoms with Crippen LogP contribution >= 0.6 is 0 Å². The predicted octanol–water partition coefficient (Wildman–Crippen LogP) is 1.52. The molecule has 0 bridgehead atoms. The first-order chi connectivity index (χ1) is 7.59. The molecule has 16 heavy (non-hydrogen) atoms. The highest BCUT2D eigenvalue weighted by Gasteiger charge is 2.04. The first-order valence-electron chi connectivity index (χ1n) is 5.46. The van der Waals surface area contributed by atoms with Gasteiger partial charge in [0.15, 0.2) is 0 Å². The second-order valence-corrected chi connectivity index (χ2v) is 5.60. The van der Waals surface area contributed by atoms with E-state index in [0.29, 0.717) is 6.04 Å². The second kappa shape index (κ2) is 6.66. The van der Waals surface area contributed by atoms with Crippen LogP contribution in [0.15, 0.2) is 24.3 Å². The third kappa shape index (κ3) is 4.77. The lowest BCUT2D eigenvalue weighted by molar-refractivity contribution is 0.535. The largest absolute Gasteiger partial charge is 0.398 e. The molecule has 0 fully saturated rings. The lowest BCUT2D eigenvalue weighted by atomic mass is 10.1. The number of para-hydroxylation sites is 1. The van der Waals surface area contributed by atoms with Gasteiger partial charge in [-0.15, -0.1) is 0 Å². The van der Waals surface area contributed by atoms with E-state index in [1.807, 2.05) is 24.3 Å². The summed E-state index contributed by atoms with van der Waals surface area (Å²) in [5.74, 6) is 0.748. The van der Waals surface area contributed by atoms with Crippen LogP contribution in [0.4, 0.5) is 5.69 Å². The number of anilines is 1. The maximum atomic E-state index is 10.9. The Morgan fingerprint density at radius 1 is 1.44 bits per heavy atom. The lowest BCUT2D eigenvalue weighted by Gasteiger charge is -2.14. The highest BCUT2D eigenvalue weighted by molar-refractivity contribution is 7.84. The molecule has 0 aliphatic carbocycles. The predicted molar refractivity (Wildman–Crippen MR) is 70.7 cm³/mol. The van der Waals surface area contributed by atoms with Crippen LogP contribution in [0.25, 0.3) is 0 Å². The number of hydrogen-bond acceptors (Lipinski definition) is 3. The van der Waals surface area contributed by atoms with Crippen molar-refractivity contribution in [2.45, 2.75) is 25.9 Å². The van der Waals surface area contributed by atoms with E-state index in [1.165, 1.54) is 0 Å². The van der Waals surface area contributed by atoms with E-state index in [2.05, 4.69) is 12.2 Å². The Labute approximate surface area is 99.9 Å². The van der Waals surface area contributed by atoms with E-state index in [1.54, 1.807) is 6.26 Å². The van der Waals surface area contributed by atoms with E-state index in [4.69, 9.17) is 5.73 Å². The van der Waals surface area contributed by atoms with Gasteiger partial charge in [0.2, 0.25) is 0 Å². The van der Waals surface area contributed by atoms with Gasteiger partial charge in [0.05, 0.1) is 0 Å². The highest BCUT2D eigenvalue weighted by Crippen LogP contribution is 2.10. The summed E-state index contributed by atoms with van der Waals surface area (Å²) in [6.45, 7) is 2.87. The molecule has 0 radical (unpaired) electrons. The van der Waals surface area contributed by atoms with E-state index >= 15 is 0 Å². The zero-order chi connectivity index (χ0) is 12.0. The normalized spacial score (nSPS) is 14.6. The van der Waals surface area contributed by atoms with Crippen LogP contribution in [0.1, 0.15) is 18.9 Å². The zero-order valence-electron chi connectivity index (χ0n) is 9.90. The first kappa shape index (κ1) is 13.2. The van der Waals surface area contributed by atoms with E-state index in [0.717, 1.165) is 30.0 Å². The molecule has 3 nitrogen and oxygen atoms in total. The topological polar surface area (TPSA) is 55.1 Å². The SMILES string of the molecule is CC(CCS(C)=O)NCc1ccccc1N. The van der Waals surface area contributed by atoms with Crippen molar-refractivity contribution in [3.63, 3.8) is 0 Å². The number of nitrogens with one attached hydrogen (secondary N) is 1. The molecule has 1 rings (SSSR count). The van der Waals surface area contributed by atoms with Gasteiger partial charge in [-0.1, -0.05) is 18.2 Å². The summed E-state index contributed by atoms with van der Waals surface area (Å²) in [4.78, 5) is 0. The van der Waals surface area contributed by atoms with E-state index < -0.39 is 10.8 Å². The summed E-state index contributed by atoms with van der Waals surface area (Å²) in [6, 6.07) is 8.21. The van der Waals surface area contributed by atoms with Crippen LogP contribution in [0, 0.1) is 0 Å². The zero-order valence-corrected chi connectivity index (χ0v) is 10.7. The molecule has 0 amide bonds. The van der Waals surface area contributed by atoms with Gasteiger partial charge in [-0.25, -0.2) is 0 Å². The molecule has 2 atom stereocenters. The van der Waals surface area contributed by atoms with Gasteiger partial charge in [0.1, 0.15) is 0 Å². The minimum atomic E-state index is -0.703. The van der Waals surface area contributed by atoms with Gasteiger partial charge in [0, 0.05) is 41.1 Å². The molecular weight excluding hydrogens is 220 g/mol. The van der Waals surface area contributed by atoms with Gasteiger partial charge >= 0.3 is 0 Å². The maximum Gasteiger partial charge on any atom is 0.0359 e. The van der Waals surface area contributed by atoms with Crippen LogP contribution in [-0.2, 0) is 17.3 Å². The molecule has 0 saturated carbocycles. The first-order valence-corrected chi connectivity index (χ1v) is 7.19. The van der Waals surface area contributed by atoms with Crippen molar-refractivity contribution in [3.8, 4) is 0 Å². The fraction of sp³-hybridized carbons (Fsp3) is 0.500. The van der Waals surface area contributed by atoms with Gasteiger partial charge in [-0.3, -0.25) is 4.21 Å². The molecule has 1 aromatic rings. The molecule has 90 valence electrons. The average molecular weight is 240 g/mol. The Morgan fingerprint density at radius 2 is 2.12 bits per heavy atom. The Kier molecular flexibility index (Phi) is 5.49. The van der Waals surface area contributed by atoms with E-state index in [-0.39, 0.29) is 0 Å². The Bertz CT molecular complexity index is 355. The molecular formula is C12H20N2OS. The molecule has 0 aliphatic heterocycles. The van der Waals surface area contributed by atoms with Crippen molar-refractivity contribution in [3.05, 3.63) is 29.8 Å². The van der Waals surface area contributed by atoms with Crippen molar-refractivity contribution in [2.75, 3.05) is 17.7 Å². The number of hydrogen-bond donors (Lipinski definition) is 2. The molecule has 0 heterocycles. The molecule has 1 aromatic carbocycles. The Balaban J connectivity index is 2.34. The fourth-order valence-electron chi connectivity index (χ4n) is 1.42. The van der Waals surface area contributed by atoms with Crippen molar-refractivity contribution in [1.82, 2.24) is 5.32 Å². The summed E-state index contributed by atoms with van der Waals surface area (Å²) in [6.07, 6.45) is 2.66. The van der Waals surface area contributed by atoms with Crippen molar-refractivity contribution in [2.24, 2.45) is 0 Å². The third-order valence-electron chi connectivity index (χ3n) is 2.53. The Hall–Kier alpha value is -0.870. The summed E-state index contributed by atoms with van der Waals surface area (Å²) in [5.41, 5.74) is 7.78. The van der Waals surface area contributed by atoms with E-state index in [9.17, 15) is 4.21 Å². The van der Waals surface area contributed by atoms with Crippen molar-refractivity contribution >= 4 is 16.5 Å². The van der Waals surface area contributed by atoms with Gasteiger partial charge in [0.25, 0.3) is 0 Å². The molecule has 3 N–H and O–H groups in total. The molecule has 0 saturated heterocycles. The summed E-state index contributed by atoms with van der Waals surface area (Å²) >= 11 is 0. The van der Waals surface area contributed by atoms with Crippen LogP contribution in [0.3, 0.4) is 0 Å². The molecule has 2 unspecified atom stereocenters. The summed E-state index contributed by atoms with van der Waals surface area (Å²) in [7, 11) is -0.703. The van der Waals surface area contributed by atoms with Crippen molar-refractivity contribution < 1.29 is 4.21 Å². The summed E-state index contributed by atoms with van der Waals surface area (Å²) in [5, 5.41) is 3.38. The van der Waals surface area contributed by atoms with Crippen LogP contribution in [0.2, 0.25) is 0 Å². The standard InChI is InChI=1S/C12H20N2OS/c1-10(7-8-16(2)15)14-9-11-5-3-4-6-12(11)13/h3-6,10,14H,7-9,13H2,1-2H3. The van der Waals surface area contributed by atoms with Crippen molar-refractivity contribution in [1.29, 1.82) is 0 Å². The minimum absolute atomic E-state index is 0.364. The van der Waals surface area contributed by atoms with Crippen LogP contribution in [0.5, 0.6) is 0 Å². The second-order valence-electron chi connectivity index (χ2n) is 4.05. The van der Waals surface area contributed by atoms with Gasteiger partial charge < -0.3 is 11.1 Å². The van der Waals surface area contributed by atoms with Gasteiger partial charge in [-0.05, 0) is 25.0 Å². The Morgan fingerprint density at radius 3 is 2.75 bits per heavy atom. The highest BCUT2D eigenvalue weighted by atomic mass is 32.2. The number of rotatable bonds is 6. The maximum absolute atomic E-state index is 10.9. The molecule has 0 aliphatic rings. The summed E-state index contributed by atoms with van der Waals surface area (Å²) < 4.78 is 10.9. The molecule has 4 heteroatoms. The quantitative estimate of drug-likeness (QED) is 0.741. The van der Waals surface area contributed by atoms with Crippen LogP contribution < -0.4 is 11.1 Å². The monoisotopic (exact) mass is 240 g/mol. The van der Waals surface area contributed by atoms with Gasteiger partial charge in [-0.2, -0.15) is 0 Å². The molecule has 0 aromatic heterocycles. The number of nitrogens with two attached hydrogens (primary N) is 1. The lowest BCUT2D eigenvalue weighted by Crippen LogP contribution is -2.27. The third-order valence-corrected chi connectivity index (χ3v) is 3.35. The number of benzene rings is 1. The number of nitrogen functional groups attached to an aromatic ring is 1. The average Bonchev–Trinajstić information content (AvgIpc) is 2.25. The smallest absolute Gasteiger partial charge is 0.0359 e.